The van der Waals surface area contributed by atoms with Gasteiger partial charge in [0, 0.05) is 10.0 Å². The lowest BCUT2D eigenvalue weighted by atomic mass is 10.1. The van der Waals surface area contributed by atoms with Crippen molar-refractivity contribution in [1.29, 1.82) is 0 Å². The van der Waals surface area contributed by atoms with E-state index >= 15 is 0 Å². The molecule has 2 N–H and O–H groups in total. The molecule has 0 saturated carbocycles. The van der Waals surface area contributed by atoms with E-state index in [9.17, 15) is 13.2 Å². The predicted octanol–water partition coefficient (Wildman–Crippen LogP) is 4.28. The highest BCUT2D eigenvalue weighted by Gasteiger charge is 2.31. The summed E-state index contributed by atoms with van der Waals surface area (Å²) in [4.78, 5) is 0. The Labute approximate surface area is 114 Å². The van der Waals surface area contributed by atoms with E-state index in [0.717, 1.165) is 12.1 Å². The molecule has 1 nitrogen and oxygen atoms in total. The molecule has 0 amide bonds. The van der Waals surface area contributed by atoms with E-state index in [0.29, 0.717) is 0 Å². The molecule has 0 aliphatic carbocycles. The zero-order chi connectivity index (χ0) is 14.1. The predicted molar refractivity (Wildman–Crippen MR) is 73.8 cm³/mol. The number of hydrogen-bond acceptors (Lipinski definition) is 1. The van der Waals surface area contributed by atoms with Crippen LogP contribution in [0.25, 0.3) is 0 Å². The number of halogens is 4. The van der Waals surface area contributed by atoms with Crippen LogP contribution in [0.5, 0.6) is 0 Å². The van der Waals surface area contributed by atoms with Gasteiger partial charge in [0.05, 0.1) is 11.3 Å². The van der Waals surface area contributed by atoms with E-state index in [1.54, 1.807) is 0 Å². The molecule has 0 radical (unpaired) electrons. The molecule has 0 aliphatic rings. The lowest BCUT2D eigenvalue weighted by molar-refractivity contribution is -0.137. The molecule has 1 aromatic rings. The Bertz CT molecular complexity index is 521. The van der Waals surface area contributed by atoms with Crippen LogP contribution in [0.3, 0.4) is 0 Å². The highest BCUT2D eigenvalue weighted by atomic mass is 79.9. The van der Waals surface area contributed by atoms with Gasteiger partial charge < -0.3 is 5.73 Å². The second-order valence-electron chi connectivity index (χ2n) is 4.92. The first-order valence-electron chi connectivity index (χ1n) is 5.20. The normalized spacial score (nSPS) is 11.9. The number of anilines is 1. The van der Waals surface area contributed by atoms with Crippen molar-refractivity contribution in [3.63, 3.8) is 0 Å². The van der Waals surface area contributed by atoms with E-state index in [4.69, 9.17) is 5.73 Å². The summed E-state index contributed by atoms with van der Waals surface area (Å²) >= 11 is 3.03. The van der Waals surface area contributed by atoms with E-state index in [1.807, 2.05) is 19.6 Å². The van der Waals surface area contributed by atoms with Crippen LogP contribution in [0.15, 0.2) is 16.6 Å². The molecule has 0 unspecified atom stereocenters. The molecule has 0 atom stereocenters. The molecular weight excluding hydrogens is 323 g/mol. The number of nitrogen functional groups attached to an aromatic ring is 1. The van der Waals surface area contributed by atoms with Crippen LogP contribution in [0.2, 0.25) is 19.6 Å². The Hall–Kier alpha value is -0.933. The third kappa shape index (κ3) is 4.07. The summed E-state index contributed by atoms with van der Waals surface area (Å²) in [6.45, 7) is 6.04. The first kappa shape index (κ1) is 15.1. The molecule has 0 saturated heterocycles. The van der Waals surface area contributed by atoms with Crippen molar-refractivity contribution in [3.8, 4) is 11.5 Å². The van der Waals surface area contributed by atoms with Gasteiger partial charge in [-0.05, 0) is 28.1 Å². The molecule has 0 fully saturated rings. The molecule has 1 aromatic carbocycles. The first-order valence-corrected chi connectivity index (χ1v) is 9.49. The van der Waals surface area contributed by atoms with Gasteiger partial charge in [0.25, 0.3) is 0 Å². The van der Waals surface area contributed by atoms with Gasteiger partial charge in [0.1, 0.15) is 8.07 Å². The van der Waals surface area contributed by atoms with E-state index in [2.05, 4.69) is 27.4 Å². The standard InChI is InChI=1S/C12H13BrF3NSi/c1-18(2,3)5-4-8-6-9(12(14,15)16)7-10(13)11(8)17/h6-7H,17H2,1-3H3. The number of hydrogen-bond donors (Lipinski definition) is 1. The third-order valence-corrected chi connectivity index (χ3v) is 3.56. The highest BCUT2D eigenvalue weighted by molar-refractivity contribution is 9.10. The van der Waals surface area contributed by atoms with Crippen LogP contribution in [-0.2, 0) is 6.18 Å². The SMILES string of the molecule is C[Si](C)(C)C#Cc1cc(C(F)(F)F)cc(Br)c1N. The Kier molecular flexibility index (Phi) is 4.18. The third-order valence-electron chi connectivity index (χ3n) is 2.03. The van der Waals surface area contributed by atoms with Gasteiger partial charge in [-0.15, -0.1) is 5.54 Å². The smallest absolute Gasteiger partial charge is 0.397 e. The Morgan fingerprint density at radius 2 is 1.78 bits per heavy atom. The van der Waals surface area contributed by atoms with Crippen LogP contribution in [0, 0.1) is 11.5 Å². The lowest BCUT2D eigenvalue weighted by Gasteiger charge is -2.10. The number of rotatable bonds is 0. The zero-order valence-corrected chi connectivity index (χ0v) is 12.8. The highest BCUT2D eigenvalue weighted by Crippen LogP contribution is 2.34. The van der Waals surface area contributed by atoms with Gasteiger partial charge in [-0.2, -0.15) is 13.2 Å². The van der Waals surface area contributed by atoms with Crippen molar-refractivity contribution >= 4 is 29.7 Å². The fourth-order valence-corrected chi connectivity index (χ4v) is 2.11. The largest absolute Gasteiger partial charge is 0.416 e. The maximum Gasteiger partial charge on any atom is 0.416 e. The van der Waals surface area contributed by atoms with Crippen molar-refractivity contribution in [1.82, 2.24) is 0 Å². The lowest BCUT2D eigenvalue weighted by Crippen LogP contribution is -2.16. The first-order chi connectivity index (χ1) is 8.00. The molecule has 98 valence electrons. The monoisotopic (exact) mass is 335 g/mol. The molecule has 1 rings (SSSR count). The van der Waals surface area contributed by atoms with Crippen LogP contribution in [-0.4, -0.2) is 8.07 Å². The number of alkyl halides is 3. The number of benzene rings is 1. The quantitative estimate of drug-likeness (QED) is 0.427. The van der Waals surface area contributed by atoms with Gasteiger partial charge in [0.15, 0.2) is 0 Å². The summed E-state index contributed by atoms with van der Waals surface area (Å²) in [5, 5.41) is 0. The van der Waals surface area contributed by atoms with Crippen molar-refractivity contribution < 1.29 is 13.2 Å². The molecular formula is C12H13BrF3NSi. The minimum absolute atomic E-state index is 0.220. The Morgan fingerprint density at radius 3 is 2.22 bits per heavy atom. The van der Waals surface area contributed by atoms with Gasteiger partial charge in [-0.1, -0.05) is 25.6 Å². The Morgan fingerprint density at radius 1 is 1.22 bits per heavy atom. The van der Waals surface area contributed by atoms with E-state index in [1.165, 1.54) is 0 Å². The van der Waals surface area contributed by atoms with Crippen LogP contribution in [0.4, 0.5) is 18.9 Å². The average molecular weight is 336 g/mol. The van der Waals surface area contributed by atoms with Crippen LogP contribution >= 0.6 is 15.9 Å². The van der Waals surface area contributed by atoms with E-state index in [-0.39, 0.29) is 15.7 Å². The maximum absolute atomic E-state index is 12.7. The van der Waals surface area contributed by atoms with Gasteiger partial charge in [0.2, 0.25) is 0 Å². The van der Waals surface area contributed by atoms with Crippen molar-refractivity contribution in [2.75, 3.05) is 5.73 Å². The summed E-state index contributed by atoms with van der Waals surface area (Å²) in [6.07, 6.45) is -4.40. The molecule has 0 heterocycles. The van der Waals surface area contributed by atoms with Gasteiger partial charge in [-0.3, -0.25) is 0 Å². The summed E-state index contributed by atoms with van der Waals surface area (Å²) in [6, 6.07) is 1.96. The molecule has 0 aromatic heterocycles. The summed E-state index contributed by atoms with van der Waals surface area (Å²) in [5.41, 5.74) is 8.45. The zero-order valence-electron chi connectivity index (χ0n) is 10.2. The minimum Gasteiger partial charge on any atom is -0.397 e. The van der Waals surface area contributed by atoms with Crippen LogP contribution < -0.4 is 5.73 Å². The van der Waals surface area contributed by atoms with Crippen molar-refractivity contribution in [2.45, 2.75) is 25.8 Å². The fraction of sp³-hybridized carbons (Fsp3) is 0.333. The second-order valence-corrected chi connectivity index (χ2v) is 10.5. The molecule has 0 aliphatic heterocycles. The van der Waals surface area contributed by atoms with Crippen LogP contribution in [0.1, 0.15) is 11.1 Å². The topological polar surface area (TPSA) is 26.0 Å². The second kappa shape index (κ2) is 4.98. The Balaban J connectivity index is 3.35. The molecule has 0 spiro atoms. The molecule has 18 heavy (non-hydrogen) atoms. The van der Waals surface area contributed by atoms with Crippen molar-refractivity contribution in [3.05, 3.63) is 27.7 Å². The summed E-state index contributed by atoms with van der Waals surface area (Å²) < 4.78 is 38.2. The molecule has 0 bridgehead atoms. The van der Waals surface area contributed by atoms with Gasteiger partial charge in [-0.25, -0.2) is 0 Å². The maximum atomic E-state index is 12.7. The van der Waals surface area contributed by atoms with E-state index < -0.39 is 19.8 Å². The summed E-state index contributed by atoms with van der Waals surface area (Å²) in [5.74, 6) is 2.76. The molecule has 6 heteroatoms. The summed E-state index contributed by atoms with van der Waals surface area (Å²) in [7, 11) is -1.66. The minimum atomic E-state index is -4.40. The fourth-order valence-electron chi connectivity index (χ4n) is 1.14. The van der Waals surface area contributed by atoms with Crippen molar-refractivity contribution in [2.24, 2.45) is 0 Å². The van der Waals surface area contributed by atoms with Gasteiger partial charge >= 0.3 is 6.18 Å². The average Bonchev–Trinajstić information content (AvgIpc) is 2.17. The number of nitrogens with two attached hydrogens (primary N) is 1.